The van der Waals surface area contributed by atoms with Gasteiger partial charge in [-0.3, -0.25) is 0 Å². The fraction of sp³-hybridized carbons (Fsp3) is 0.438. The van der Waals surface area contributed by atoms with Gasteiger partial charge in [0.1, 0.15) is 11.4 Å². The van der Waals surface area contributed by atoms with E-state index in [9.17, 15) is 9.18 Å². The van der Waals surface area contributed by atoms with Gasteiger partial charge in [0.15, 0.2) is 0 Å². The molecule has 1 atom stereocenters. The smallest absolute Gasteiger partial charge is 0.333 e. The molecule has 0 aromatic heterocycles. The first-order valence-corrected chi connectivity index (χ1v) is 6.67. The average molecular weight is 262 g/mol. The molecule has 0 bridgehead atoms. The molecular weight excluding hydrogens is 243 g/mol. The van der Waals surface area contributed by atoms with Crippen LogP contribution in [0.5, 0.6) is 0 Å². The number of hydrogen-bond acceptors (Lipinski definition) is 2. The van der Waals surface area contributed by atoms with Crippen LogP contribution in [0, 0.1) is 5.82 Å². The Bertz CT molecular complexity index is 521. The fourth-order valence-electron chi connectivity index (χ4n) is 2.73. The molecule has 0 fully saturated rings. The summed E-state index contributed by atoms with van der Waals surface area (Å²) in [4.78, 5) is 11.9. The van der Waals surface area contributed by atoms with Crippen molar-refractivity contribution in [3.63, 3.8) is 0 Å². The first-order valence-electron chi connectivity index (χ1n) is 6.67. The lowest BCUT2D eigenvalue weighted by molar-refractivity contribution is -0.158. The fourth-order valence-corrected chi connectivity index (χ4v) is 2.73. The van der Waals surface area contributed by atoms with E-state index in [2.05, 4.69) is 6.58 Å². The molecule has 1 aromatic rings. The van der Waals surface area contributed by atoms with Crippen molar-refractivity contribution in [1.82, 2.24) is 0 Å². The number of halogens is 1. The van der Waals surface area contributed by atoms with Gasteiger partial charge in [0, 0.05) is 11.1 Å². The van der Waals surface area contributed by atoms with E-state index in [4.69, 9.17) is 4.74 Å². The van der Waals surface area contributed by atoms with Crippen LogP contribution in [-0.2, 0) is 21.6 Å². The molecule has 1 unspecified atom stereocenters. The highest BCUT2D eigenvalue weighted by molar-refractivity contribution is 5.87. The maximum atomic E-state index is 13.9. The van der Waals surface area contributed by atoms with Crippen molar-refractivity contribution in [1.29, 1.82) is 0 Å². The van der Waals surface area contributed by atoms with Gasteiger partial charge in [0.05, 0.1) is 0 Å². The Morgan fingerprint density at radius 1 is 1.53 bits per heavy atom. The molecule has 0 N–H and O–H groups in total. The number of carbonyl (C=O) groups is 1. The number of esters is 1. The van der Waals surface area contributed by atoms with Crippen LogP contribution >= 0.6 is 0 Å². The predicted molar refractivity (Wildman–Crippen MR) is 72.2 cm³/mol. The van der Waals surface area contributed by atoms with Gasteiger partial charge in [-0.2, -0.15) is 0 Å². The van der Waals surface area contributed by atoms with Crippen LogP contribution in [0.15, 0.2) is 30.4 Å². The molecule has 3 heteroatoms. The Labute approximate surface area is 113 Å². The maximum absolute atomic E-state index is 13.9. The topological polar surface area (TPSA) is 26.3 Å². The first kappa shape index (κ1) is 13.8. The number of ether oxygens (including phenoxy) is 1. The van der Waals surface area contributed by atoms with E-state index < -0.39 is 11.6 Å². The van der Waals surface area contributed by atoms with Crippen molar-refractivity contribution < 1.29 is 13.9 Å². The van der Waals surface area contributed by atoms with Crippen LogP contribution < -0.4 is 0 Å². The molecule has 0 aliphatic heterocycles. The molecule has 1 aliphatic carbocycles. The zero-order valence-corrected chi connectivity index (χ0v) is 11.5. The molecule has 2 rings (SSSR count). The van der Waals surface area contributed by atoms with Crippen LogP contribution in [0.3, 0.4) is 0 Å². The van der Waals surface area contributed by atoms with Gasteiger partial charge < -0.3 is 4.74 Å². The van der Waals surface area contributed by atoms with E-state index in [1.165, 1.54) is 6.07 Å². The molecule has 0 saturated heterocycles. The molecule has 0 amide bonds. The minimum atomic E-state index is -0.703. The lowest BCUT2D eigenvalue weighted by Crippen LogP contribution is -2.36. The minimum absolute atomic E-state index is 0.207. The Hall–Kier alpha value is -1.64. The summed E-state index contributed by atoms with van der Waals surface area (Å²) in [6.45, 7) is 7.20. The number of hydrogen-bond donors (Lipinski definition) is 0. The Morgan fingerprint density at radius 2 is 2.26 bits per heavy atom. The second-order valence-electron chi connectivity index (χ2n) is 5.14. The molecule has 102 valence electrons. The summed E-state index contributed by atoms with van der Waals surface area (Å²) in [5, 5.41) is 0. The largest absolute Gasteiger partial charge is 0.451 e. The number of benzene rings is 1. The molecule has 0 heterocycles. The summed E-state index contributed by atoms with van der Waals surface area (Å²) < 4.78 is 19.6. The molecule has 0 spiro atoms. The zero-order chi connectivity index (χ0) is 14.0. The highest BCUT2D eigenvalue weighted by Crippen LogP contribution is 2.42. The summed E-state index contributed by atoms with van der Waals surface area (Å²) in [6.07, 6.45) is 2.90. The number of carbonyl (C=O) groups excluding carboxylic acids is 1. The Morgan fingerprint density at radius 3 is 2.89 bits per heavy atom. The van der Waals surface area contributed by atoms with E-state index in [1.54, 1.807) is 13.0 Å². The summed E-state index contributed by atoms with van der Waals surface area (Å²) in [5.74, 6) is -0.611. The average Bonchev–Trinajstić information content (AvgIpc) is 2.39. The Balaban J connectivity index is 2.46. The van der Waals surface area contributed by atoms with Crippen LogP contribution in [0.4, 0.5) is 4.39 Å². The van der Waals surface area contributed by atoms with E-state index in [0.717, 1.165) is 18.4 Å². The quantitative estimate of drug-likeness (QED) is 0.610. The van der Waals surface area contributed by atoms with Crippen molar-refractivity contribution in [2.24, 2.45) is 0 Å². The minimum Gasteiger partial charge on any atom is -0.451 e. The third-order valence-electron chi connectivity index (χ3n) is 3.82. The highest BCUT2D eigenvalue weighted by Gasteiger charge is 2.39. The summed E-state index contributed by atoms with van der Waals surface area (Å²) in [7, 11) is 0. The van der Waals surface area contributed by atoms with Crippen LogP contribution in [0.25, 0.3) is 0 Å². The standard InChI is InChI=1S/C16H19FO2/c1-4-16(19-15(18)11(2)3)10-6-7-12-13(16)8-5-9-14(12)17/h5,8-9H,2,4,6-7,10H2,1,3H3. The third-order valence-corrected chi connectivity index (χ3v) is 3.82. The van der Waals surface area contributed by atoms with Crippen molar-refractivity contribution >= 4 is 5.97 Å². The van der Waals surface area contributed by atoms with Crippen molar-refractivity contribution in [3.05, 3.63) is 47.3 Å². The second kappa shape index (κ2) is 5.16. The van der Waals surface area contributed by atoms with Gasteiger partial charge in [-0.25, -0.2) is 9.18 Å². The molecule has 1 aromatic carbocycles. The van der Waals surface area contributed by atoms with E-state index >= 15 is 0 Å². The van der Waals surface area contributed by atoms with Crippen molar-refractivity contribution in [2.75, 3.05) is 0 Å². The second-order valence-corrected chi connectivity index (χ2v) is 5.14. The monoisotopic (exact) mass is 262 g/mol. The van der Waals surface area contributed by atoms with Gasteiger partial charge in [0.2, 0.25) is 0 Å². The summed E-state index contributed by atoms with van der Waals surface area (Å²) in [5.41, 5.74) is 1.17. The highest BCUT2D eigenvalue weighted by atomic mass is 19.1. The van der Waals surface area contributed by atoms with Crippen LogP contribution in [0.1, 0.15) is 44.2 Å². The molecule has 0 radical (unpaired) electrons. The SMILES string of the molecule is C=C(C)C(=O)OC1(CC)CCCc2c(F)cccc21. The molecule has 1 aliphatic rings. The van der Waals surface area contributed by atoms with E-state index in [-0.39, 0.29) is 5.82 Å². The molecule has 0 saturated carbocycles. The van der Waals surface area contributed by atoms with Gasteiger partial charge in [-0.1, -0.05) is 25.6 Å². The zero-order valence-electron chi connectivity index (χ0n) is 11.5. The van der Waals surface area contributed by atoms with Crippen LogP contribution in [-0.4, -0.2) is 5.97 Å². The molecule has 19 heavy (non-hydrogen) atoms. The molecule has 2 nitrogen and oxygen atoms in total. The van der Waals surface area contributed by atoms with Crippen molar-refractivity contribution in [3.8, 4) is 0 Å². The third kappa shape index (κ3) is 2.42. The van der Waals surface area contributed by atoms with Crippen LogP contribution in [0.2, 0.25) is 0 Å². The van der Waals surface area contributed by atoms with Gasteiger partial charge >= 0.3 is 5.97 Å². The maximum Gasteiger partial charge on any atom is 0.333 e. The van der Waals surface area contributed by atoms with Crippen molar-refractivity contribution in [2.45, 2.75) is 45.1 Å². The predicted octanol–water partition coefficient (Wildman–Crippen LogP) is 3.89. The van der Waals surface area contributed by atoms with Gasteiger partial charge in [-0.05, 0) is 44.2 Å². The van der Waals surface area contributed by atoms with Gasteiger partial charge in [-0.15, -0.1) is 0 Å². The van der Waals surface area contributed by atoms with E-state index in [1.807, 2.05) is 13.0 Å². The first-order chi connectivity index (χ1) is 9.00. The van der Waals surface area contributed by atoms with E-state index in [0.29, 0.717) is 24.0 Å². The summed E-state index contributed by atoms with van der Waals surface area (Å²) >= 11 is 0. The number of fused-ring (bicyclic) bond motifs is 1. The Kier molecular flexibility index (Phi) is 3.74. The lowest BCUT2D eigenvalue weighted by atomic mass is 9.77. The van der Waals surface area contributed by atoms with Gasteiger partial charge in [0.25, 0.3) is 0 Å². The normalized spacial score (nSPS) is 21.6. The number of rotatable bonds is 3. The summed E-state index contributed by atoms with van der Waals surface area (Å²) in [6, 6.07) is 5.01. The lowest BCUT2D eigenvalue weighted by Gasteiger charge is -2.38. The molecular formula is C16H19FO2.